The van der Waals surface area contributed by atoms with Crippen molar-refractivity contribution in [2.24, 2.45) is 5.41 Å². The first-order chi connectivity index (χ1) is 21.2. The van der Waals surface area contributed by atoms with E-state index < -0.39 is 99.3 Å². The Morgan fingerprint density at radius 2 is 1.26 bits per heavy atom. The van der Waals surface area contributed by atoms with Gasteiger partial charge >= 0.3 is 26.8 Å². The molecule has 2 aromatic heterocycles. The molecule has 3 unspecified atom stereocenters. The maximum Gasteiger partial charge on any atom is 0.473 e. The fourth-order valence-corrected chi connectivity index (χ4v) is 8.22. The number of phosphoric ester groups is 1. The van der Waals surface area contributed by atoms with Gasteiger partial charge in [-0.05, 0) is 13.8 Å². The number of aromatic nitrogens is 4. The molecular formula is C25H38N4O15P2. The molecule has 21 heteroatoms. The predicted molar refractivity (Wildman–Crippen MR) is 157 cm³/mol. The summed E-state index contributed by atoms with van der Waals surface area (Å²) in [5.41, 5.74) is -3.62. The number of aromatic amines is 2. The quantitative estimate of drug-likeness (QED) is 0.165. The van der Waals surface area contributed by atoms with E-state index in [2.05, 4.69) is 9.97 Å². The summed E-state index contributed by atoms with van der Waals surface area (Å²) in [5.74, 6) is -1.94. The van der Waals surface area contributed by atoms with Crippen LogP contribution in [0, 0.1) is 19.3 Å². The number of nitrogens with zero attached hydrogens (tertiary/aromatic N) is 2. The summed E-state index contributed by atoms with van der Waals surface area (Å²) in [6, 6.07) is 0. The number of hydrogen-bond acceptors (Lipinski definition) is 13. The van der Waals surface area contributed by atoms with Gasteiger partial charge in [0.2, 0.25) is 0 Å². The molecule has 6 N–H and O–H groups in total. The lowest BCUT2D eigenvalue weighted by molar-refractivity contribution is -0.0513. The summed E-state index contributed by atoms with van der Waals surface area (Å²) in [7, 11) is -10.1. The van der Waals surface area contributed by atoms with Crippen LogP contribution in [0.1, 0.15) is 57.2 Å². The average molecular weight is 697 g/mol. The average Bonchev–Trinajstić information content (AvgIpc) is 3.50. The number of rotatable bonds is 11. The third-order valence-electron chi connectivity index (χ3n) is 7.42. The van der Waals surface area contributed by atoms with Gasteiger partial charge in [-0.15, -0.1) is 0 Å². The Hall–Kier alpha value is -2.54. The lowest BCUT2D eigenvalue weighted by Gasteiger charge is -2.34. The van der Waals surface area contributed by atoms with Gasteiger partial charge in [0.1, 0.15) is 24.7 Å². The summed E-state index contributed by atoms with van der Waals surface area (Å²) >= 11 is 0. The number of aryl methyl sites for hydroxylation is 2. The molecule has 0 amide bonds. The summed E-state index contributed by atoms with van der Waals surface area (Å²) in [4.78, 5) is 73.3. The summed E-state index contributed by atoms with van der Waals surface area (Å²) < 4.78 is 55.0. The van der Waals surface area contributed by atoms with Crippen LogP contribution in [-0.2, 0) is 32.2 Å². The first-order valence-electron chi connectivity index (χ1n) is 14.1. The summed E-state index contributed by atoms with van der Waals surface area (Å²) in [6.07, 6.45) is -4.70. The second-order valence-electron chi connectivity index (χ2n) is 12.3. The number of aliphatic hydroxyl groups is 2. The van der Waals surface area contributed by atoms with Crippen molar-refractivity contribution in [2.45, 2.75) is 90.2 Å². The van der Waals surface area contributed by atoms with E-state index in [9.17, 15) is 48.3 Å². The van der Waals surface area contributed by atoms with Crippen molar-refractivity contribution < 1.29 is 52.2 Å². The van der Waals surface area contributed by atoms with Crippen LogP contribution >= 0.6 is 15.4 Å². The van der Waals surface area contributed by atoms with Gasteiger partial charge in [0, 0.05) is 41.8 Å². The first-order valence-corrected chi connectivity index (χ1v) is 17.3. The van der Waals surface area contributed by atoms with E-state index in [0.717, 1.165) is 9.13 Å². The van der Waals surface area contributed by atoms with E-state index in [1.807, 2.05) is 0 Å². The standard InChI is InChI=1S/C25H38N4O15P2/c1-12-8-28(23(34)26-20(12)32)18-6-14(30)16(42-18)10-40-45(36,37)22(25(3,4)5)44-46(38,39)41-11-17-15(31)7-19(43-17)29-9-13(2)21(33)27-24(29)35/h8-9,14-19,22,30-31H,6-7,10-11H2,1-5H3,(H,36,37)(H,38,39)(H,26,32,34)(H,27,33,35)/t14-,15-,16+,17+,18+,19+,22?/m0/s1. The number of H-pyrrole nitrogens is 2. The van der Waals surface area contributed by atoms with Gasteiger partial charge in [-0.1, -0.05) is 20.8 Å². The zero-order valence-corrected chi connectivity index (χ0v) is 27.4. The smallest absolute Gasteiger partial charge is 0.390 e. The van der Waals surface area contributed by atoms with Crippen molar-refractivity contribution in [1.29, 1.82) is 0 Å². The molecular weight excluding hydrogens is 658 g/mol. The van der Waals surface area contributed by atoms with Gasteiger partial charge in [-0.3, -0.25) is 42.3 Å². The minimum Gasteiger partial charge on any atom is -0.390 e. The highest BCUT2D eigenvalue weighted by molar-refractivity contribution is 7.55. The monoisotopic (exact) mass is 696 g/mol. The lowest BCUT2D eigenvalue weighted by Crippen LogP contribution is -2.34. The van der Waals surface area contributed by atoms with Crippen LogP contribution in [0.4, 0.5) is 0 Å². The number of ether oxygens (including phenoxy) is 2. The Balaban J connectivity index is 1.39. The van der Waals surface area contributed by atoms with Crippen LogP contribution in [0.15, 0.2) is 31.6 Å². The highest BCUT2D eigenvalue weighted by atomic mass is 31.2. The highest BCUT2D eigenvalue weighted by Gasteiger charge is 2.49. The molecule has 2 saturated heterocycles. The van der Waals surface area contributed by atoms with Crippen LogP contribution in [0.3, 0.4) is 0 Å². The number of aliphatic hydroxyl groups excluding tert-OH is 2. The zero-order chi connectivity index (χ0) is 34.4. The van der Waals surface area contributed by atoms with E-state index in [1.165, 1.54) is 47.0 Å². The Morgan fingerprint density at radius 1 is 0.848 bits per heavy atom. The minimum atomic E-state index is -5.13. The largest absolute Gasteiger partial charge is 0.473 e. The molecule has 4 heterocycles. The highest BCUT2D eigenvalue weighted by Crippen LogP contribution is 2.61. The molecule has 0 bridgehead atoms. The van der Waals surface area contributed by atoms with E-state index in [4.69, 9.17) is 23.0 Å². The third kappa shape index (κ3) is 8.29. The van der Waals surface area contributed by atoms with Crippen molar-refractivity contribution >= 4 is 15.4 Å². The molecule has 2 fully saturated rings. The maximum absolute atomic E-state index is 13.4. The lowest BCUT2D eigenvalue weighted by atomic mass is 9.98. The van der Waals surface area contributed by atoms with Gasteiger partial charge in [0.25, 0.3) is 11.1 Å². The van der Waals surface area contributed by atoms with E-state index in [1.54, 1.807) is 0 Å². The predicted octanol–water partition coefficient (Wildman–Crippen LogP) is -0.292. The first kappa shape index (κ1) is 36.3. The molecule has 2 aliphatic heterocycles. The molecule has 2 aliphatic rings. The van der Waals surface area contributed by atoms with Crippen LogP contribution in [-0.4, -0.2) is 82.6 Å². The van der Waals surface area contributed by atoms with Crippen LogP contribution in [0.5, 0.6) is 0 Å². The molecule has 9 atom stereocenters. The number of nitrogens with one attached hydrogen (secondary N) is 2. The summed E-state index contributed by atoms with van der Waals surface area (Å²) in [5, 5.41) is 20.9. The van der Waals surface area contributed by atoms with Gasteiger partial charge in [0.15, 0.2) is 5.85 Å². The molecule has 2 aromatic rings. The van der Waals surface area contributed by atoms with Gasteiger partial charge in [-0.2, -0.15) is 0 Å². The van der Waals surface area contributed by atoms with Crippen molar-refractivity contribution in [3.8, 4) is 0 Å². The topological polar surface area (TPSA) is 271 Å². The third-order valence-corrected chi connectivity index (χ3v) is 10.5. The van der Waals surface area contributed by atoms with Gasteiger partial charge < -0.3 is 34.0 Å². The Kier molecular flexibility index (Phi) is 10.7. The second kappa shape index (κ2) is 13.5. The van der Waals surface area contributed by atoms with E-state index >= 15 is 0 Å². The van der Waals surface area contributed by atoms with Crippen molar-refractivity contribution in [2.75, 3.05) is 13.2 Å². The summed E-state index contributed by atoms with van der Waals surface area (Å²) in [6.45, 7) is 5.84. The molecule has 19 nitrogen and oxygen atoms in total. The van der Waals surface area contributed by atoms with Crippen LogP contribution < -0.4 is 22.5 Å². The van der Waals surface area contributed by atoms with Gasteiger partial charge in [-0.25, -0.2) is 14.2 Å². The molecule has 0 aromatic carbocycles. The van der Waals surface area contributed by atoms with Crippen LogP contribution in [0.25, 0.3) is 0 Å². The zero-order valence-electron chi connectivity index (χ0n) is 25.6. The van der Waals surface area contributed by atoms with Crippen molar-refractivity contribution in [1.82, 2.24) is 19.1 Å². The number of phosphoric acid groups is 1. The fraction of sp³-hybridized carbons (Fsp3) is 0.680. The molecule has 0 spiro atoms. The molecule has 46 heavy (non-hydrogen) atoms. The molecule has 258 valence electrons. The van der Waals surface area contributed by atoms with E-state index in [0.29, 0.717) is 0 Å². The second-order valence-corrected chi connectivity index (χ2v) is 15.5. The Labute approximate surface area is 260 Å². The van der Waals surface area contributed by atoms with Crippen LogP contribution in [0.2, 0.25) is 0 Å². The Morgan fingerprint density at radius 3 is 1.67 bits per heavy atom. The molecule has 4 rings (SSSR count). The molecule has 0 saturated carbocycles. The minimum absolute atomic E-state index is 0.111. The molecule has 0 radical (unpaired) electrons. The normalized spacial score (nSPS) is 28.5. The van der Waals surface area contributed by atoms with Gasteiger partial charge in [0.05, 0.1) is 25.4 Å². The molecule has 0 aliphatic carbocycles. The maximum atomic E-state index is 13.4. The van der Waals surface area contributed by atoms with Crippen molar-refractivity contribution in [3.63, 3.8) is 0 Å². The SMILES string of the molecule is Cc1cn([C@H]2C[C@H](O)[C@@H](COP(=O)(O)OC(C(C)(C)C)P(=O)(O)OC[C@H]3O[C@@H](n4cc(C)c(=O)[nH]c4=O)C[C@@H]3O)O2)c(=O)[nH]c1=O. The van der Waals surface area contributed by atoms with Crippen molar-refractivity contribution in [3.05, 3.63) is 65.2 Å². The Bertz CT molecular complexity index is 1760. The number of hydrogen-bond donors (Lipinski definition) is 6. The fourth-order valence-electron chi connectivity index (χ4n) is 4.95. The van der Waals surface area contributed by atoms with E-state index in [-0.39, 0.29) is 24.0 Å².